The highest BCUT2D eigenvalue weighted by Gasteiger charge is 2.19. The molecule has 0 aliphatic carbocycles. The largest absolute Gasteiger partial charge is 0.493 e. The van der Waals surface area contributed by atoms with Crippen molar-refractivity contribution in [3.05, 3.63) is 45.6 Å². The van der Waals surface area contributed by atoms with E-state index in [0.29, 0.717) is 17.1 Å². The van der Waals surface area contributed by atoms with Crippen molar-refractivity contribution in [2.45, 2.75) is 6.92 Å². The minimum atomic E-state index is -0.0294. The first-order chi connectivity index (χ1) is 8.69. The van der Waals surface area contributed by atoms with E-state index in [0.717, 1.165) is 10.4 Å². The van der Waals surface area contributed by atoms with Crippen LogP contribution in [0.1, 0.15) is 20.8 Å². The van der Waals surface area contributed by atoms with Gasteiger partial charge in [0, 0.05) is 0 Å². The van der Waals surface area contributed by atoms with Crippen molar-refractivity contribution in [1.82, 2.24) is 0 Å². The van der Waals surface area contributed by atoms with E-state index in [-0.39, 0.29) is 5.78 Å². The van der Waals surface area contributed by atoms with Crippen molar-refractivity contribution >= 4 is 17.1 Å². The number of hydrogen-bond donors (Lipinski definition) is 0. The molecule has 0 atom stereocenters. The van der Waals surface area contributed by atoms with Gasteiger partial charge < -0.3 is 9.47 Å². The predicted molar refractivity (Wildman–Crippen MR) is 72.0 cm³/mol. The first kappa shape index (κ1) is 12.6. The third-order valence-electron chi connectivity index (χ3n) is 2.72. The number of rotatable bonds is 4. The van der Waals surface area contributed by atoms with Crippen LogP contribution >= 0.6 is 11.3 Å². The molecule has 94 valence electrons. The quantitative estimate of drug-likeness (QED) is 0.793. The second-order valence-corrected chi connectivity index (χ2v) is 4.72. The van der Waals surface area contributed by atoms with E-state index >= 15 is 0 Å². The van der Waals surface area contributed by atoms with E-state index in [1.54, 1.807) is 25.3 Å². The van der Waals surface area contributed by atoms with Crippen molar-refractivity contribution in [1.29, 1.82) is 0 Å². The van der Waals surface area contributed by atoms with Crippen LogP contribution in [0.4, 0.5) is 0 Å². The van der Waals surface area contributed by atoms with Crippen LogP contribution in [-0.4, -0.2) is 20.0 Å². The molecule has 0 unspecified atom stereocenters. The van der Waals surface area contributed by atoms with E-state index in [4.69, 9.17) is 9.47 Å². The van der Waals surface area contributed by atoms with Crippen LogP contribution in [0.5, 0.6) is 11.5 Å². The number of para-hydroxylation sites is 1. The molecule has 0 saturated heterocycles. The fourth-order valence-electron chi connectivity index (χ4n) is 1.79. The van der Waals surface area contributed by atoms with E-state index in [1.165, 1.54) is 18.4 Å². The molecule has 0 N–H and O–H groups in total. The summed E-state index contributed by atoms with van der Waals surface area (Å²) in [5.74, 6) is 1.02. The Morgan fingerprint density at radius 3 is 2.50 bits per heavy atom. The van der Waals surface area contributed by atoms with Crippen LogP contribution in [0.3, 0.4) is 0 Å². The molecule has 0 radical (unpaired) electrons. The van der Waals surface area contributed by atoms with Crippen LogP contribution in [-0.2, 0) is 0 Å². The van der Waals surface area contributed by atoms with Crippen LogP contribution in [0.15, 0.2) is 29.6 Å². The molecule has 0 bridgehead atoms. The van der Waals surface area contributed by atoms with Gasteiger partial charge in [0.05, 0.1) is 24.7 Å². The minimum Gasteiger partial charge on any atom is -0.493 e. The van der Waals surface area contributed by atoms with Gasteiger partial charge >= 0.3 is 0 Å². The molecule has 0 amide bonds. The molecular formula is C14H14O3S. The Morgan fingerprint density at radius 1 is 1.17 bits per heavy atom. The molecule has 0 saturated carbocycles. The van der Waals surface area contributed by atoms with Gasteiger partial charge in [-0.2, -0.15) is 0 Å². The lowest BCUT2D eigenvalue weighted by molar-refractivity contribution is 0.103. The summed E-state index contributed by atoms with van der Waals surface area (Å²) in [6.45, 7) is 1.93. The molecule has 1 heterocycles. The number of carbonyl (C=O) groups is 1. The number of methoxy groups -OCH3 is 2. The molecule has 0 fully saturated rings. The lowest BCUT2D eigenvalue weighted by Gasteiger charge is -2.11. The number of aryl methyl sites for hydroxylation is 1. The van der Waals surface area contributed by atoms with Crippen molar-refractivity contribution < 1.29 is 14.3 Å². The third-order valence-corrected chi connectivity index (χ3v) is 3.73. The lowest BCUT2D eigenvalue weighted by atomic mass is 10.1. The topological polar surface area (TPSA) is 35.5 Å². The Balaban J connectivity index is 2.52. The Morgan fingerprint density at radius 2 is 1.94 bits per heavy atom. The van der Waals surface area contributed by atoms with E-state index < -0.39 is 0 Å². The Hall–Kier alpha value is -1.81. The Bertz CT molecular complexity index is 572. The zero-order chi connectivity index (χ0) is 13.1. The van der Waals surface area contributed by atoms with E-state index in [1.807, 2.05) is 18.4 Å². The number of ether oxygens (including phenoxy) is 2. The standard InChI is InChI=1S/C14H14O3S/c1-9-7-8-18-14(9)12(15)10-5-4-6-11(16-2)13(10)17-3/h4-8H,1-3H3. The predicted octanol–water partition coefficient (Wildman–Crippen LogP) is 3.30. The summed E-state index contributed by atoms with van der Waals surface area (Å²) in [4.78, 5) is 13.2. The number of thiophene rings is 1. The Labute approximate surface area is 110 Å². The monoisotopic (exact) mass is 262 g/mol. The normalized spacial score (nSPS) is 10.2. The van der Waals surface area contributed by atoms with Gasteiger partial charge in [-0.3, -0.25) is 4.79 Å². The summed E-state index contributed by atoms with van der Waals surface area (Å²) < 4.78 is 10.5. The summed E-state index contributed by atoms with van der Waals surface area (Å²) in [5.41, 5.74) is 1.51. The zero-order valence-corrected chi connectivity index (χ0v) is 11.3. The van der Waals surface area contributed by atoms with Gasteiger partial charge in [0.15, 0.2) is 11.5 Å². The van der Waals surface area contributed by atoms with Crippen LogP contribution in [0.25, 0.3) is 0 Å². The van der Waals surface area contributed by atoms with E-state index in [9.17, 15) is 4.79 Å². The van der Waals surface area contributed by atoms with Crippen LogP contribution in [0, 0.1) is 6.92 Å². The second-order valence-electron chi connectivity index (χ2n) is 3.80. The lowest BCUT2D eigenvalue weighted by Crippen LogP contribution is -2.04. The maximum atomic E-state index is 12.5. The SMILES string of the molecule is COc1cccc(C(=O)c2sccc2C)c1OC. The molecule has 2 rings (SSSR count). The molecule has 0 aliphatic heterocycles. The second kappa shape index (κ2) is 5.23. The van der Waals surface area contributed by atoms with Gasteiger partial charge in [-0.15, -0.1) is 11.3 Å². The zero-order valence-electron chi connectivity index (χ0n) is 10.5. The summed E-state index contributed by atoms with van der Waals surface area (Å²) >= 11 is 1.44. The number of carbonyl (C=O) groups excluding carboxylic acids is 1. The highest BCUT2D eigenvalue weighted by Crippen LogP contribution is 2.33. The van der Waals surface area contributed by atoms with Crippen molar-refractivity contribution in [3.8, 4) is 11.5 Å². The first-order valence-corrected chi connectivity index (χ1v) is 6.36. The molecular weight excluding hydrogens is 248 g/mol. The highest BCUT2D eigenvalue weighted by molar-refractivity contribution is 7.12. The maximum Gasteiger partial charge on any atom is 0.207 e. The number of ketones is 1. The molecule has 3 nitrogen and oxygen atoms in total. The minimum absolute atomic E-state index is 0.0294. The molecule has 0 spiro atoms. The molecule has 1 aromatic heterocycles. The maximum absolute atomic E-state index is 12.5. The van der Waals surface area contributed by atoms with Crippen molar-refractivity contribution in [3.63, 3.8) is 0 Å². The van der Waals surface area contributed by atoms with Crippen LogP contribution in [0.2, 0.25) is 0 Å². The highest BCUT2D eigenvalue weighted by atomic mass is 32.1. The first-order valence-electron chi connectivity index (χ1n) is 5.48. The van der Waals surface area contributed by atoms with Gasteiger partial charge in [-0.05, 0) is 36.1 Å². The Kier molecular flexibility index (Phi) is 3.67. The summed E-state index contributed by atoms with van der Waals surface area (Å²) in [6, 6.07) is 7.25. The van der Waals surface area contributed by atoms with Gasteiger partial charge in [0.25, 0.3) is 0 Å². The number of benzene rings is 1. The number of hydrogen-bond acceptors (Lipinski definition) is 4. The van der Waals surface area contributed by atoms with Crippen LogP contribution < -0.4 is 9.47 Å². The third kappa shape index (κ3) is 2.11. The summed E-state index contributed by atoms with van der Waals surface area (Å²) in [6.07, 6.45) is 0. The fourth-order valence-corrected chi connectivity index (χ4v) is 2.67. The summed E-state index contributed by atoms with van der Waals surface area (Å²) in [5, 5.41) is 1.91. The molecule has 1 aromatic carbocycles. The van der Waals surface area contributed by atoms with Gasteiger partial charge in [0.1, 0.15) is 0 Å². The van der Waals surface area contributed by atoms with Gasteiger partial charge in [-0.1, -0.05) is 6.07 Å². The summed E-state index contributed by atoms with van der Waals surface area (Å²) in [7, 11) is 3.10. The fraction of sp³-hybridized carbons (Fsp3) is 0.214. The van der Waals surface area contributed by atoms with Gasteiger partial charge in [0.2, 0.25) is 5.78 Å². The molecule has 4 heteroatoms. The van der Waals surface area contributed by atoms with Gasteiger partial charge in [-0.25, -0.2) is 0 Å². The molecule has 18 heavy (non-hydrogen) atoms. The molecule has 2 aromatic rings. The average Bonchev–Trinajstić information content (AvgIpc) is 2.83. The van der Waals surface area contributed by atoms with E-state index in [2.05, 4.69) is 0 Å². The van der Waals surface area contributed by atoms with Crippen molar-refractivity contribution in [2.24, 2.45) is 0 Å². The smallest absolute Gasteiger partial charge is 0.207 e. The average molecular weight is 262 g/mol. The van der Waals surface area contributed by atoms with Crippen molar-refractivity contribution in [2.75, 3.05) is 14.2 Å². The molecule has 0 aliphatic rings.